The normalized spacial score (nSPS) is 24.8. The van der Waals surface area contributed by atoms with Crippen LogP contribution in [0.4, 0.5) is 0 Å². The number of amides is 2. The zero-order valence-electron chi connectivity index (χ0n) is 14.7. The molecule has 1 aromatic heterocycles. The van der Waals surface area contributed by atoms with Gasteiger partial charge in [0.05, 0.1) is 19.3 Å². The Morgan fingerprint density at radius 3 is 2.92 bits per heavy atom. The number of hydrogen-bond acceptors (Lipinski definition) is 7. The molecule has 2 aliphatic rings. The van der Waals surface area contributed by atoms with Gasteiger partial charge in [0.15, 0.2) is 5.90 Å². The van der Waals surface area contributed by atoms with Gasteiger partial charge in [-0.15, -0.1) is 23.1 Å². The van der Waals surface area contributed by atoms with E-state index in [0.717, 1.165) is 4.88 Å². The zero-order valence-corrected chi connectivity index (χ0v) is 17.3. The topological polar surface area (TPSA) is 108 Å². The number of ether oxygens (including phenoxy) is 1. The van der Waals surface area contributed by atoms with Crippen LogP contribution in [-0.4, -0.2) is 64.1 Å². The van der Waals surface area contributed by atoms with Crippen LogP contribution in [0.2, 0.25) is 0 Å². The number of fused-ring (bicyclic) bond motifs is 1. The molecule has 11 heteroatoms. The van der Waals surface area contributed by atoms with Crippen LogP contribution in [0.1, 0.15) is 6.30 Å². The minimum Gasteiger partial charge on any atom is -1.00 e. The Morgan fingerprint density at radius 1 is 1.56 bits per heavy atom. The van der Waals surface area contributed by atoms with Crippen molar-refractivity contribution in [2.75, 3.05) is 12.9 Å². The van der Waals surface area contributed by atoms with E-state index in [2.05, 4.69) is 10.3 Å². The molecule has 0 aliphatic carbocycles. The Kier molecular flexibility index (Phi) is 6.92. The summed E-state index contributed by atoms with van der Waals surface area (Å²) in [7, 11) is 1.41. The molecule has 8 nitrogen and oxygen atoms in total. The number of hydrogen-bond donors (Lipinski definition) is 2. The fourth-order valence-corrected chi connectivity index (χ4v) is 4.50. The van der Waals surface area contributed by atoms with Crippen LogP contribution < -0.4 is 34.9 Å². The molecular weight excluding hydrogens is 377 g/mol. The van der Waals surface area contributed by atoms with Crippen LogP contribution in [0.25, 0.3) is 0 Å². The molecule has 130 valence electrons. The number of carbonyl (C=O) groups excluding carboxylic acids is 2. The number of thioether (sulfide) groups is 1. The summed E-state index contributed by atoms with van der Waals surface area (Å²) < 4.78 is 5.04. The summed E-state index contributed by atoms with van der Waals surface area (Å²) in [6.45, 7) is 0. The standard InChI is InChI=1S/C14H15N3O5S2.Na.H/c1-22-9-6-24-13-10(12(19)17(13)11(16-9)14(20)21)15-8(18)5-7-3-2-4-23-7;;/h2-4,10-11,13H,5-6H2,1H3,(H,15,18)(H,20,21);;/q;+1;-1/t10?,11-,13?;;/m1../s1. The van der Waals surface area contributed by atoms with Crippen LogP contribution in [0, 0.1) is 0 Å². The number of nitrogens with one attached hydrogen (secondary N) is 1. The number of methoxy groups -OCH3 is 1. The maximum Gasteiger partial charge on any atom is 1.00 e. The predicted octanol–water partition coefficient (Wildman–Crippen LogP) is -2.74. The van der Waals surface area contributed by atoms with Gasteiger partial charge in [0.25, 0.3) is 5.91 Å². The SMILES string of the molecule is COC1=N[C@@H](C(=O)O)N2C(=O)C(NC(=O)Cc3cccs3)C2SC1.[H-].[Na+]. The van der Waals surface area contributed by atoms with Crippen LogP contribution in [0.5, 0.6) is 0 Å². The second-order valence-electron chi connectivity index (χ2n) is 5.19. The van der Waals surface area contributed by atoms with Crippen molar-refractivity contribution in [1.82, 2.24) is 10.2 Å². The van der Waals surface area contributed by atoms with E-state index in [4.69, 9.17) is 4.74 Å². The average molecular weight is 393 g/mol. The molecule has 0 bridgehead atoms. The third-order valence-electron chi connectivity index (χ3n) is 3.68. The Labute approximate surface area is 175 Å². The molecule has 2 aliphatic heterocycles. The molecule has 1 fully saturated rings. The van der Waals surface area contributed by atoms with Crippen molar-refractivity contribution < 1.29 is 55.2 Å². The molecule has 0 spiro atoms. The van der Waals surface area contributed by atoms with Gasteiger partial charge in [-0.3, -0.25) is 14.5 Å². The summed E-state index contributed by atoms with van der Waals surface area (Å²) in [5, 5.41) is 13.4. The van der Waals surface area contributed by atoms with Crippen molar-refractivity contribution >= 4 is 46.8 Å². The minimum atomic E-state index is -1.32. The Morgan fingerprint density at radius 2 is 2.32 bits per heavy atom. The zero-order chi connectivity index (χ0) is 17.3. The van der Waals surface area contributed by atoms with Gasteiger partial charge in [-0.25, -0.2) is 9.79 Å². The number of carboxylic acid groups (broad SMARTS) is 1. The number of nitrogens with zero attached hydrogens (tertiary/aromatic N) is 2. The Balaban J connectivity index is 0.00000169. The number of aliphatic carboxylic acids is 1. The quantitative estimate of drug-likeness (QED) is 0.425. The van der Waals surface area contributed by atoms with Crippen LogP contribution in [0.3, 0.4) is 0 Å². The van der Waals surface area contributed by atoms with E-state index in [1.54, 1.807) is 0 Å². The van der Waals surface area contributed by atoms with E-state index in [-0.39, 0.29) is 49.2 Å². The van der Waals surface area contributed by atoms with E-state index in [9.17, 15) is 19.5 Å². The summed E-state index contributed by atoms with van der Waals surface area (Å²) in [5.74, 6) is -1.33. The summed E-state index contributed by atoms with van der Waals surface area (Å²) in [6, 6.07) is 2.96. The summed E-state index contributed by atoms with van der Waals surface area (Å²) >= 11 is 2.79. The monoisotopic (exact) mass is 393 g/mol. The van der Waals surface area contributed by atoms with E-state index >= 15 is 0 Å². The number of thiophene rings is 1. The second kappa shape index (κ2) is 8.54. The van der Waals surface area contributed by atoms with E-state index in [0.29, 0.717) is 5.75 Å². The second-order valence-corrected chi connectivity index (χ2v) is 7.32. The van der Waals surface area contributed by atoms with Crippen molar-refractivity contribution in [3.63, 3.8) is 0 Å². The van der Waals surface area contributed by atoms with Crippen molar-refractivity contribution in [3.05, 3.63) is 22.4 Å². The maximum atomic E-state index is 12.3. The van der Waals surface area contributed by atoms with Gasteiger partial charge in [0.1, 0.15) is 11.4 Å². The molecule has 3 heterocycles. The van der Waals surface area contributed by atoms with Gasteiger partial charge in [-0.2, -0.15) is 0 Å². The molecule has 1 saturated heterocycles. The minimum absolute atomic E-state index is 0. The molecule has 2 unspecified atom stereocenters. The first kappa shape index (κ1) is 20.2. The molecular formula is C14H16N3NaO5S2. The van der Waals surface area contributed by atoms with Crippen LogP contribution in [-0.2, 0) is 25.5 Å². The van der Waals surface area contributed by atoms with Gasteiger partial charge < -0.3 is 16.6 Å². The summed E-state index contributed by atoms with van der Waals surface area (Å²) in [4.78, 5) is 41.9. The van der Waals surface area contributed by atoms with E-state index in [1.807, 2.05) is 17.5 Å². The number of aliphatic imine (C=N–C) groups is 1. The maximum absolute atomic E-state index is 12.3. The van der Waals surface area contributed by atoms with Crippen molar-refractivity contribution in [2.45, 2.75) is 24.0 Å². The fraction of sp³-hybridized carbons (Fsp3) is 0.429. The van der Waals surface area contributed by atoms with E-state index in [1.165, 1.54) is 35.1 Å². The average Bonchev–Trinajstić information content (AvgIpc) is 2.98. The molecule has 3 rings (SSSR count). The summed E-state index contributed by atoms with van der Waals surface area (Å²) in [6.07, 6.45) is -1.13. The molecule has 0 aromatic carbocycles. The van der Waals surface area contributed by atoms with Gasteiger partial charge in [0.2, 0.25) is 12.1 Å². The molecule has 3 atom stereocenters. The molecule has 25 heavy (non-hydrogen) atoms. The van der Waals surface area contributed by atoms with Crippen LogP contribution >= 0.6 is 23.1 Å². The summed E-state index contributed by atoms with van der Waals surface area (Å²) in [5.41, 5.74) is 0. The smallest absolute Gasteiger partial charge is 1.00 e. The molecule has 1 aromatic rings. The third-order valence-corrected chi connectivity index (χ3v) is 5.81. The van der Waals surface area contributed by atoms with Crippen LogP contribution in [0.15, 0.2) is 22.5 Å². The Bertz CT molecular complexity index is 703. The molecule has 2 amide bonds. The van der Waals surface area contributed by atoms with Gasteiger partial charge in [0, 0.05) is 4.88 Å². The number of carbonyl (C=O) groups is 3. The third kappa shape index (κ3) is 4.20. The molecule has 0 radical (unpaired) electrons. The largest absolute Gasteiger partial charge is 1.00 e. The number of carboxylic acids is 1. The first-order valence-corrected chi connectivity index (χ1v) is 9.03. The molecule has 2 N–H and O–H groups in total. The number of β-lactam (4-membered cyclic amide) rings is 1. The van der Waals surface area contributed by atoms with E-state index < -0.39 is 29.5 Å². The Hall–Kier alpha value is -1.07. The van der Waals surface area contributed by atoms with Crippen molar-refractivity contribution in [2.24, 2.45) is 4.99 Å². The number of rotatable bonds is 4. The van der Waals surface area contributed by atoms with Gasteiger partial charge >= 0.3 is 35.5 Å². The first-order chi connectivity index (χ1) is 11.5. The first-order valence-electron chi connectivity index (χ1n) is 7.10. The van der Waals surface area contributed by atoms with Crippen molar-refractivity contribution in [1.29, 1.82) is 0 Å². The van der Waals surface area contributed by atoms with Gasteiger partial charge in [-0.05, 0) is 11.4 Å². The van der Waals surface area contributed by atoms with Gasteiger partial charge in [-0.1, -0.05) is 6.07 Å². The molecule has 0 saturated carbocycles. The predicted molar refractivity (Wildman–Crippen MR) is 90.0 cm³/mol. The van der Waals surface area contributed by atoms with Crippen molar-refractivity contribution in [3.8, 4) is 0 Å². The fourth-order valence-electron chi connectivity index (χ4n) is 2.53.